The minimum absolute atomic E-state index is 0.171. The van der Waals surface area contributed by atoms with Crippen LogP contribution in [-0.4, -0.2) is 29.7 Å². The van der Waals surface area contributed by atoms with Gasteiger partial charge in [-0.2, -0.15) is 0 Å². The topological polar surface area (TPSA) is 28.2 Å². The zero-order valence-corrected chi connectivity index (χ0v) is 14.4. The van der Waals surface area contributed by atoms with Gasteiger partial charge >= 0.3 is 0 Å². The van der Waals surface area contributed by atoms with E-state index in [-0.39, 0.29) is 5.54 Å². The number of anilines is 1. The summed E-state index contributed by atoms with van der Waals surface area (Å²) in [5.41, 5.74) is 2.51. The van der Waals surface area contributed by atoms with Gasteiger partial charge in [-0.25, -0.2) is 0 Å². The predicted molar refractivity (Wildman–Crippen MR) is 92.9 cm³/mol. The summed E-state index contributed by atoms with van der Waals surface area (Å²) in [5.74, 6) is 0. The van der Waals surface area contributed by atoms with Gasteiger partial charge in [0, 0.05) is 40.7 Å². The number of piperazine rings is 1. The Hall–Kier alpha value is -1.13. The fraction of sp³-hybridized carbons (Fsp3) is 0.471. The predicted octanol–water partition coefficient (Wildman–Crippen LogP) is 3.96. The summed E-state index contributed by atoms with van der Waals surface area (Å²) in [7, 11) is 0. The van der Waals surface area contributed by atoms with E-state index in [0.717, 1.165) is 29.5 Å². The Morgan fingerprint density at radius 3 is 3.05 bits per heavy atom. The monoisotopic (exact) mass is 347 g/mol. The van der Waals surface area contributed by atoms with Gasteiger partial charge in [0.15, 0.2) is 0 Å². The Kier molecular flexibility index (Phi) is 3.93. The molecule has 0 spiro atoms. The molecular weight excluding hydrogens is 326 g/mol. The third-order valence-electron chi connectivity index (χ3n) is 4.62. The number of rotatable bonds is 2. The minimum atomic E-state index is 0.171. The van der Waals surface area contributed by atoms with E-state index in [2.05, 4.69) is 76.2 Å². The molecule has 1 fully saturated rings. The van der Waals surface area contributed by atoms with Crippen molar-refractivity contribution in [3.05, 3.63) is 34.9 Å². The van der Waals surface area contributed by atoms with Gasteiger partial charge in [-0.05, 0) is 48.3 Å². The lowest BCUT2D eigenvalue weighted by Crippen LogP contribution is -2.62. The average Bonchev–Trinajstić information content (AvgIpc) is 2.49. The molecule has 0 radical (unpaired) electrons. The molecule has 1 aromatic carbocycles. The molecule has 1 aliphatic heterocycles. The Morgan fingerprint density at radius 2 is 2.29 bits per heavy atom. The van der Waals surface area contributed by atoms with Crippen LogP contribution in [0.3, 0.4) is 0 Å². The van der Waals surface area contributed by atoms with Crippen molar-refractivity contribution in [2.45, 2.75) is 38.8 Å². The normalized spacial score (nSPS) is 26.3. The number of benzene rings is 1. The largest absolute Gasteiger partial charge is 0.364 e. The average molecular weight is 348 g/mol. The van der Waals surface area contributed by atoms with Crippen molar-refractivity contribution in [1.29, 1.82) is 0 Å². The third-order valence-corrected chi connectivity index (χ3v) is 5.06. The Balaban J connectivity index is 2.06. The van der Waals surface area contributed by atoms with Crippen LogP contribution in [0.5, 0.6) is 0 Å². The summed E-state index contributed by atoms with van der Waals surface area (Å²) in [5, 5.41) is 4.87. The highest BCUT2D eigenvalue weighted by molar-refractivity contribution is 9.10. The van der Waals surface area contributed by atoms with Crippen molar-refractivity contribution >= 4 is 32.5 Å². The second-order valence-corrected chi connectivity index (χ2v) is 7.19. The molecule has 2 aromatic rings. The van der Waals surface area contributed by atoms with Crippen molar-refractivity contribution in [2.75, 3.05) is 18.0 Å². The SMILES string of the molecule is CCC1(C)CN(c2cccc3cc(Br)cnc23)C(C)CN1. The molecule has 2 heterocycles. The summed E-state index contributed by atoms with van der Waals surface area (Å²) >= 11 is 3.51. The summed E-state index contributed by atoms with van der Waals surface area (Å²) in [6.45, 7) is 8.86. The molecular formula is C17H22BrN3. The molecule has 1 N–H and O–H groups in total. The lowest BCUT2D eigenvalue weighted by atomic mass is 9.93. The highest BCUT2D eigenvalue weighted by Gasteiger charge is 2.33. The number of para-hydroxylation sites is 1. The van der Waals surface area contributed by atoms with E-state index in [1.807, 2.05) is 6.20 Å². The van der Waals surface area contributed by atoms with E-state index < -0.39 is 0 Å². The van der Waals surface area contributed by atoms with Crippen LogP contribution in [0.2, 0.25) is 0 Å². The van der Waals surface area contributed by atoms with Crippen molar-refractivity contribution < 1.29 is 0 Å². The number of nitrogens with zero attached hydrogens (tertiary/aromatic N) is 2. The van der Waals surface area contributed by atoms with Crippen LogP contribution in [0, 0.1) is 0 Å². The molecule has 2 atom stereocenters. The Bertz CT molecular complexity index is 658. The molecule has 0 amide bonds. The van der Waals surface area contributed by atoms with Crippen LogP contribution in [0.15, 0.2) is 34.9 Å². The van der Waals surface area contributed by atoms with Crippen LogP contribution < -0.4 is 10.2 Å². The molecule has 112 valence electrons. The van der Waals surface area contributed by atoms with E-state index in [1.165, 1.54) is 11.1 Å². The van der Waals surface area contributed by atoms with E-state index in [0.29, 0.717) is 6.04 Å². The number of halogens is 1. The molecule has 1 aromatic heterocycles. The summed E-state index contributed by atoms with van der Waals surface area (Å²) in [4.78, 5) is 7.16. The number of fused-ring (bicyclic) bond motifs is 1. The number of nitrogens with one attached hydrogen (secondary N) is 1. The van der Waals surface area contributed by atoms with E-state index >= 15 is 0 Å². The molecule has 3 nitrogen and oxygen atoms in total. The highest BCUT2D eigenvalue weighted by Crippen LogP contribution is 2.31. The first-order chi connectivity index (χ1) is 10.0. The van der Waals surface area contributed by atoms with Gasteiger partial charge in [0.05, 0.1) is 11.2 Å². The molecule has 2 unspecified atom stereocenters. The first-order valence-corrected chi connectivity index (χ1v) is 8.38. The first kappa shape index (κ1) is 14.8. The van der Waals surface area contributed by atoms with Gasteiger partial charge in [-0.1, -0.05) is 19.1 Å². The second kappa shape index (κ2) is 5.58. The summed E-state index contributed by atoms with van der Waals surface area (Å²) < 4.78 is 1.03. The van der Waals surface area contributed by atoms with Crippen molar-refractivity contribution in [3.8, 4) is 0 Å². The standard InChI is InChI=1S/C17H22BrN3/c1-4-17(3)11-21(12(2)9-20-17)15-7-5-6-13-8-14(18)10-19-16(13)15/h5-8,10,12,20H,4,9,11H2,1-3H3. The van der Waals surface area contributed by atoms with Crippen LogP contribution >= 0.6 is 15.9 Å². The molecule has 1 aliphatic rings. The Labute approximate surface area is 134 Å². The van der Waals surface area contributed by atoms with Crippen molar-refractivity contribution in [3.63, 3.8) is 0 Å². The molecule has 21 heavy (non-hydrogen) atoms. The van der Waals surface area contributed by atoms with Crippen molar-refractivity contribution in [2.24, 2.45) is 0 Å². The van der Waals surface area contributed by atoms with Crippen LogP contribution in [0.25, 0.3) is 10.9 Å². The van der Waals surface area contributed by atoms with Gasteiger partial charge in [-0.3, -0.25) is 4.98 Å². The summed E-state index contributed by atoms with van der Waals surface area (Å²) in [6, 6.07) is 9.06. The smallest absolute Gasteiger partial charge is 0.0936 e. The zero-order valence-electron chi connectivity index (χ0n) is 12.9. The van der Waals surface area contributed by atoms with E-state index in [9.17, 15) is 0 Å². The van der Waals surface area contributed by atoms with Gasteiger partial charge < -0.3 is 10.2 Å². The molecule has 0 saturated carbocycles. The maximum Gasteiger partial charge on any atom is 0.0936 e. The fourth-order valence-corrected chi connectivity index (χ4v) is 3.35. The maximum atomic E-state index is 4.65. The van der Waals surface area contributed by atoms with Gasteiger partial charge in [0.25, 0.3) is 0 Å². The number of aromatic nitrogens is 1. The number of hydrogen-bond donors (Lipinski definition) is 1. The molecule has 4 heteroatoms. The molecule has 0 bridgehead atoms. The number of hydrogen-bond acceptors (Lipinski definition) is 3. The van der Waals surface area contributed by atoms with Gasteiger partial charge in [-0.15, -0.1) is 0 Å². The van der Waals surface area contributed by atoms with Gasteiger partial charge in [0.1, 0.15) is 0 Å². The third kappa shape index (κ3) is 2.79. The van der Waals surface area contributed by atoms with E-state index in [1.54, 1.807) is 0 Å². The molecule has 1 saturated heterocycles. The first-order valence-electron chi connectivity index (χ1n) is 7.58. The van der Waals surface area contributed by atoms with Crippen molar-refractivity contribution in [1.82, 2.24) is 10.3 Å². The maximum absolute atomic E-state index is 4.65. The molecule has 0 aliphatic carbocycles. The van der Waals surface area contributed by atoms with Crippen LogP contribution in [0.1, 0.15) is 27.2 Å². The van der Waals surface area contributed by atoms with Gasteiger partial charge in [0.2, 0.25) is 0 Å². The fourth-order valence-electron chi connectivity index (χ4n) is 3.00. The lowest BCUT2D eigenvalue weighted by Gasteiger charge is -2.46. The lowest BCUT2D eigenvalue weighted by molar-refractivity contribution is 0.286. The summed E-state index contributed by atoms with van der Waals surface area (Å²) in [6.07, 6.45) is 3.01. The van der Waals surface area contributed by atoms with Crippen LogP contribution in [-0.2, 0) is 0 Å². The number of pyridine rings is 1. The van der Waals surface area contributed by atoms with E-state index in [4.69, 9.17) is 0 Å². The molecule has 3 rings (SSSR count). The minimum Gasteiger partial charge on any atom is -0.364 e. The zero-order chi connectivity index (χ0) is 15.0. The quantitative estimate of drug-likeness (QED) is 0.890. The second-order valence-electron chi connectivity index (χ2n) is 6.27. The van der Waals surface area contributed by atoms with Crippen LogP contribution in [0.4, 0.5) is 5.69 Å². The highest BCUT2D eigenvalue weighted by atomic mass is 79.9. The Morgan fingerprint density at radius 1 is 1.48 bits per heavy atom.